The van der Waals surface area contributed by atoms with Crippen molar-refractivity contribution in [2.24, 2.45) is 5.92 Å². The first kappa shape index (κ1) is 45.0. The van der Waals surface area contributed by atoms with Gasteiger partial charge in [-0.05, 0) is 96.9 Å². The molecule has 0 saturated carbocycles. The predicted molar refractivity (Wildman–Crippen MR) is 194 cm³/mol. The van der Waals surface area contributed by atoms with E-state index in [9.17, 15) is 4.80 Å². The van der Waals surface area contributed by atoms with Gasteiger partial charge in [0.1, 0.15) is 0 Å². The average molecular weight is 903 g/mol. The van der Waals surface area contributed by atoms with Crippen molar-refractivity contribution in [2.75, 3.05) is 0 Å². The Balaban J connectivity index is 2.01. The third-order valence-corrected chi connectivity index (χ3v) is 35.4. The van der Waals surface area contributed by atoms with E-state index in [-0.39, 0.29) is 0 Å². The van der Waals surface area contributed by atoms with Crippen LogP contribution in [-0.4, -0.2) is 126 Å². The van der Waals surface area contributed by atoms with Crippen LogP contribution in [0.4, 0.5) is 0 Å². The smallest absolute Gasteiger partial charge is 0.387 e. The van der Waals surface area contributed by atoms with E-state index in [1.54, 1.807) is 111 Å². The lowest BCUT2D eigenvalue weighted by Crippen LogP contribution is -2.85. The summed E-state index contributed by atoms with van der Waals surface area (Å²) >= 11 is 0. The number of rotatable bonds is 15. The van der Waals surface area contributed by atoms with Gasteiger partial charge in [0.2, 0.25) is 5.41 Å². The fourth-order valence-corrected chi connectivity index (χ4v) is 40.1. The molecule has 0 aromatic heterocycles. The first-order valence-electron chi connectivity index (χ1n) is 18.1. The minimum atomic E-state index is -5.18. The highest BCUT2D eigenvalue weighted by Crippen LogP contribution is 2.52. The van der Waals surface area contributed by atoms with Crippen LogP contribution in [0.3, 0.4) is 0 Å². The topological polar surface area (TPSA) is 196 Å². The molecule has 9 atom stereocenters. The van der Waals surface area contributed by atoms with Crippen LogP contribution in [0.25, 0.3) is 0 Å². The Morgan fingerprint density at radius 2 is 0.679 bits per heavy atom. The summed E-state index contributed by atoms with van der Waals surface area (Å²) in [4.78, 5) is 13.3. The zero-order valence-corrected chi connectivity index (χ0v) is 41.6. The fraction of sp³-hybridized carbons (Fsp3) is 1.00. The van der Waals surface area contributed by atoms with Gasteiger partial charge in [0.25, 0.3) is 0 Å². The van der Waals surface area contributed by atoms with Crippen molar-refractivity contribution in [1.82, 2.24) is 0 Å². The lowest BCUT2D eigenvalue weighted by atomic mass is 10.2. The van der Waals surface area contributed by atoms with E-state index in [0.29, 0.717) is 0 Å². The highest BCUT2D eigenvalue weighted by atomic mass is 28.6. The second kappa shape index (κ2) is 15.8. The summed E-state index contributed by atoms with van der Waals surface area (Å²) in [7, 11) is -39.1. The van der Waals surface area contributed by atoms with Crippen molar-refractivity contribution in [2.45, 2.75) is 159 Å². The van der Waals surface area contributed by atoms with E-state index >= 15 is 0 Å². The quantitative estimate of drug-likeness (QED) is 0.235. The van der Waals surface area contributed by atoms with Gasteiger partial charge in [-0.25, -0.2) is 0 Å². The molecule has 53 heavy (non-hydrogen) atoms. The van der Waals surface area contributed by atoms with Crippen molar-refractivity contribution in [1.29, 1.82) is 0 Å². The number of hydrogen-bond donors (Lipinski definition) is 1. The van der Waals surface area contributed by atoms with Gasteiger partial charge in [0.05, 0.1) is 0 Å². The Hall–Kier alpha value is 0.935. The first-order valence-corrected chi connectivity index (χ1v) is 31.0. The van der Waals surface area contributed by atoms with Crippen LogP contribution < -0.4 is 0 Å². The molecular weight excluding hydrogens is 845 g/mol. The zero-order chi connectivity index (χ0) is 39.6. The van der Waals surface area contributed by atoms with Crippen LogP contribution in [0.15, 0.2) is 0 Å². The molecule has 9 unspecified atom stereocenters. The second-order valence-corrected chi connectivity index (χ2v) is 34.1. The maximum absolute atomic E-state index is 13.3. The van der Waals surface area contributed by atoms with Gasteiger partial charge >= 0.3 is 72.6 Å². The van der Waals surface area contributed by atoms with E-state index in [0.717, 1.165) is 0 Å². The Labute approximate surface area is 322 Å². The zero-order valence-electron chi connectivity index (χ0n) is 33.4. The van der Waals surface area contributed by atoms with Gasteiger partial charge in [-0.15, -0.1) is 0 Å². The molecule has 6 saturated heterocycles. The Kier molecular flexibility index (Phi) is 13.5. The predicted octanol–water partition coefficient (Wildman–Crippen LogP) is 2.38. The third kappa shape index (κ3) is 9.55. The first-order chi connectivity index (χ1) is 24.3. The molecule has 1 N–H and O–H groups in total. The van der Waals surface area contributed by atoms with Crippen molar-refractivity contribution in [3.05, 3.63) is 0 Å². The third-order valence-electron chi connectivity index (χ3n) is 6.92. The monoisotopic (exact) mass is 902 g/mol. The summed E-state index contributed by atoms with van der Waals surface area (Å²) in [5.74, 6) is -0.840. The molecule has 28 heteroatoms. The van der Waals surface area contributed by atoms with Crippen molar-refractivity contribution in [3.8, 4) is 0 Å². The molecule has 6 aliphatic rings. The Morgan fingerprint density at radius 3 is 1.04 bits per heavy atom. The highest BCUT2D eigenvalue weighted by molar-refractivity contribution is 6.93. The van der Waals surface area contributed by atoms with Crippen LogP contribution in [0, 0.1) is 5.92 Å². The summed E-state index contributed by atoms with van der Waals surface area (Å²) in [6.45, 7) is 27.5. The van der Waals surface area contributed by atoms with Crippen LogP contribution in [0.2, 0.25) is 0 Å². The van der Waals surface area contributed by atoms with Gasteiger partial charge in [-0.3, -0.25) is 0 Å². The molecule has 310 valence electrons. The van der Waals surface area contributed by atoms with Crippen molar-refractivity contribution in [3.63, 3.8) is 0 Å². The fourth-order valence-electron chi connectivity index (χ4n) is 5.72. The standard InChI is InChI=1S/C25H58O20Si8/c1-17(2)25-34-46-36-49(29-20(7)8)39-48(35-25,28-19(5)6)40-52(32-23(13)14)44-51(31-22(11)12,38-47(25,26)27-18(3)4)41-50(37-46,30-21(9)10)43-53(42-49,45-52)33-24(15)16/h17-24,26,46H,1-16H3. The molecule has 0 spiro atoms. The minimum absolute atomic E-state index is 0.613. The largest absolute Gasteiger partial charge is 0.670 e. The molecule has 0 radical (unpaired) electrons. The van der Waals surface area contributed by atoms with Crippen LogP contribution in [-0.2, 0) is 81.0 Å². The van der Waals surface area contributed by atoms with Crippen LogP contribution in [0.1, 0.15) is 111 Å². The summed E-state index contributed by atoms with van der Waals surface area (Å²) in [6, 6.07) is 0. The molecular formula is C25H58O20Si8. The lowest BCUT2D eigenvalue weighted by molar-refractivity contribution is -0.218. The van der Waals surface area contributed by atoms with E-state index in [4.69, 9.17) is 81.0 Å². The van der Waals surface area contributed by atoms with Gasteiger partial charge in [0, 0.05) is 48.6 Å². The van der Waals surface area contributed by atoms with Crippen LogP contribution >= 0.6 is 0 Å². The molecule has 6 aliphatic heterocycles. The van der Waals surface area contributed by atoms with Crippen LogP contribution in [0.5, 0.6) is 0 Å². The number of hydrogen-bond acceptors (Lipinski definition) is 20. The molecule has 6 rings (SSSR count). The molecule has 6 heterocycles. The van der Waals surface area contributed by atoms with Crippen molar-refractivity contribution < 1.29 is 85.8 Å². The Morgan fingerprint density at radius 1 is 0.396 bits per heavy atom. The molecule has 0 aromatic carbocycles. The lowest BCUT2D eigenvalue weighted by Gasteiger charge is -2.55. The second-order valence-electron chi connectivity index (χ2n) is 15.1. The van der Waals surface area contributed by atoms with E-state index in [1.807, 2.05) is 0 Å². The number of fused-ring (bicyclic) bond motifs is 1. The maximum atomic E-state index is 13.3. The summed E-state index contributed by atoms with van der Waals surface area (Å²) < 4.78 is 128. The van der Waals surface area contributed by atoms with Gasteiger partial charge in [0.15, 0.2) is 0 Å². The molecule has 8 bridgehead atoms. The highest BCUT2D eigenvalue weighted by Gasteiger charge is 2.89. The SMILES string of the molecule is CC(C)O[Si]12O[SiH]3OC4(C(C)C)O[Si](OC(C)C)(O1)O[Si]1(OC(C)C)O[Si](OC(C)C)(O2)O[Si](OC(C)C)(O3)O[Si](OC(C)C)(O1)O[Si]4(O)OC(C)C. The van der Waals surface area contributed by atoms with E-state index in [2.05, 4.69) is 0 Å². The maximum Gasteiger partial charge on any atom is 0.670 e. The van der Waals surface area contributed by atoms with E-state index in [1.165, 1.54) is 0 Å². The molecule has 0 aromatic rings. The summed E-state index contributed by atoms with van der Waals surface area (Å²) in [5.41, 5.74) is -2.34. The minimum Gasteiger partial charge on any atom is -0.387 e. The summed E-state index contributed by atoms with van der Waals surface area (Å²) in [6.07, 6.45) is -4.66. The average Bonchev–Trinajstić information content (AvgIpc) is 2.90. The Bertz CT molecular complexity index is 1290. The summed E-state index contributed by atoms with van der Waals surface area (Å²) in [5, 5.41) is 0. The molecule has 6 fully saturated rings. The normalized spacial score (nSPS) is 43.1. The van der Waals surface area contributed by atoms with E-state index < -0.39 is 127 Å². The van der Waals surface area contributed by atoms with Gasteiger partial charge < -0.3 is 85.8 Å². The van der Waals surface area contributed by atoms with Gasteiger partial charge in [-0.1, -0.05) is 13.8 Å². The molecule has 0 amide bonds. The molecule has 20 nitrogen and oxygen atoms in total. The van der Waals surface area contributed by atoms with Gasteiger partial charge in [-0.2, -0.15) is 0 Å². The van der Waals surface area contributed by atoms with Crippen molar-refractivity contribution >= 4 is 72.6 Å². The molecule has 0 aliphatic carbocycles.